The van der Waals surface area contributed by atoms with Gasteiger partial charge in [0.25, 0.3) is 0 Å². The first-order valence-corrected chi connectivity index (χ1v) is 6.40. The molecule has 1 atom stereocenters. The van der Waals surface area contributed by atoms with Crippen LogP contribution in [-0.4, -0.2) is 26.4 Å². The van der Waals surface area contributed by atoms with Gasteiger partial charge in [0.15, 0.2) is 11.5 Å². The van der Waals surface area contributed by atoms with Gasteiger partial charge in [0.05, 0.1) is 25.4 Å². The van der Waals surface area contributed by atoms with E-state index in [2.05, 4.69) is 0 Å². The monoisotopic (exact) mass is 251 g/mol. The van der Waals surface area contributed by atoms with Gasteiger partial charge in [-0.25, -0.2) is 0 Å². The molecule has 0 bridgehead atoms. The van der Waals surface area contributed by atoms with Crippen LogP contribution in [0.1, 0.15) is 25.8 Å². The molecule has 0 radical (unpaired) electrons. The zero-order valence-corrected chi connectivity index (χ0v) is 11.1. The summed E-state index contributed by atoms with van der Waals surface area (Å²) in [5.41, 5.74) is 6.76. The Morgan fingerprint density at radius 3 is 2.72 bits per heavy atom. The number of rotatable bonds is 4. The predicted octanol–water partition coefficient (Wildman–Crippen LogP) is 2.06. The van der Waals surface area contributed by atoms with Gasteiger partial charge in [0.2, 0.25) is 0 Å². The third-order valence-electron chi connectivity index (χ3n) is 3.01. The van der Waals surface area contributed by atoms with Gasteiger partial charge in [-0.1, -0.05) is 6.07 Å². The minimum Gasteiger partial charge on any atom is -0.490 e. The SMILES string of the molecule is CCOCC(C)(N)c1ccc2c(c1)OCCCO2. The van der Waals surface area contributed by atoms with Crippen molar-refractivity contribution in [2.45, 2.75) is 25.8 Å². The van der Waals surface area contributed by atoms with Crippen LogP contribution in [0.5, 0.6) is 11.5 Å². The van der Waals surface area contributed by atoms with Crippen LogP contribution < -0.4 is 15.2 Å². The maximum atomic E-state index is 6.27. The van der Waals surface area contributed by atoms with Crippen LogP contribution in [0.15, 0.2) is 18.2 Å². The van der Waals surface area contributed by atoms with E-state index < -0.39 is 5.54 Å². The molecule has 4 nitrogen and oxygen atoms in total. The van der Waals surface area contributed by atoms with Gasteiger partial charge in [0.1, 0.15) is 0 Å². The molecule has 1 aromatic carbocycles. The second-order valence-corrected chi connectivity index (χ2v) is 4.77. The highest BCUT2D eigenvalue weighted by Gasteiger charge is 2.23. The van der Waals surface area contributed by atoms with E-state index in [-0.39, 0.29) is 0 Å². The fourth-order valence-corrected chi connectivity index (χ4v) is 1.92. The van der Waals surface area contributed by atoms with Crippen molar-refractivity contribution >= 4 is 0 Å². The van der Waals surface area contributed by atoms with Gasteiger partial charge in [-0.05, 0) is 31.5 Å². The standard InChI is InChI=1S/C14H21NO3/c1-3-16-10-14(2,15)11-5-6-12-13(9-11)18-8-4-7-17-12/h5-6,9H,3-4,7-8,10,15H2,1-2H3. The van der Waals surface area contributed by atoms with Crippen molar-refractivity contribution < 1.29 is 14.2 Å². The van der Waals surface area contributed by atoms with Crippen LogP contribution in [0.25, 0.3) is 0 Å². The summed E-state index contributed by atoms with van der Waals surface area (Å²) >= 11 is 0. The number of nitrogens with two attached hydrogens (primary N) is 1. The molecule has 0 spiro atoms. The van der Waals surface area contributed by atoms with E-state index in [1.54, 1.807) is 0 Å². The normalized spacial score (nSPS) is 17.9. The molecular formula is C14H21NO3. The van der Waals surface area contributed by atoms with Crippen LogP contribution in [0.2, 0.25) is 0 Å². The highest BCUT2D eigenvalue weighted by Crippen LogP contribution is 2.33. The molecule has 1 heterocycles. The fraction of sp³-hybridized carbons (Fsp3) is 0.571. The largest absolute Gasteiger partial charge is 0.490 e. The fourth-order valence-electron chi connectivity index (χ4n) is 1.92. The van der Waals surface area contributed by atoms with Gasteiger partial charge in [0, 0.05) is 13.0 Å². The molecule has 1 aliphatic rings. The molecule has 0 amide bonds. The Morgan fingerprint density at radius 1 is 1.28 bits per heavy atom. The Hall–Kier alpha value is -1.26. The lowest BCUT2D eigenvalue weighted by Crippen LogP contribution is -2.38. The predicted molar refractivity (Wildman–Crippen MR) is 70.1 cm³/mol. The Balaban J connectivity index is 2.21. The summed E-state index contributed by atoms with van der Waals surface area (Å²) in [5, 5.41) is 0. The van der Waals surface area contributed by atoms with Crippen molar-refractivity contribution in [3.05, 3.63) is 23.8 Å². The van der Waals surface area contributed by atoms with Crippen molar-refractivity contribution in [3.63, 3.8) is 0 Å². The molecule has 0 aliphatic carbocycles. The zero-order valence-electron chi connectivity index (χ0n) is 11.1. The molecule has 100 valence electrons. The summed E-state index contributed by atoms with van der Waals surface area (Å²) in [7, 11) is 0. The Morgan fingerprint density at radius 2 is 2.00 bits per heavy atom. The van der Waals surface area contributed by atoms with Crippen molar-refractivity contribution in [2.75, 3.05) is 26.4 Å². The Bertz CT molecular complexity index is 404. The lowest BCUT2D eigenvalue weighted by Gasteiger charge is -2.25. The number of benzene rings is 1. The van der Waals surface area contributed by atoms with E-state index in [1.807, 2.05) is 32.0 Å². The molecule has 0 saturated carbocycles. The molecule has 0 aromatic heterocycles. The Kier molecular flexibility index (Phi) is 4.09. The number of fused-ring (bicyclic) bond motifs is 1. The zero-order chi connectivity index (χ0) is 13.0. The van der Waals surface area contributed by atoms with Crippen molar-refractivity contribution in [3.8, 4) is 11.5 Å². The third kappa shape index (κ3) is 2.94. The van der Waals surface area contributed by atoms with E-state index in [0.29, 0.717) is 26.4 Å². The van der Waals surface area contributed by atoms with E-state index in [0.717, 1.165) is 23.5 Å². The van der Waals surface area contributed by atoms with Crippen LogP contribution in [0.4, 0.5) is 0 Å². The summed E-state index contributed by atoms with van der Waals surface area (Å²) in [6.45, 7) is 6.46. The smallest absolute Gasteiger partial charge is 0.161 e. The maximum absolute atomic E-state index is 6.27. The maximum Gasteiger partial charge on any atom is 0.161 e. The molecule has 4 heteroatoms. The van der Waals surface area contributed by atoms with E-state index in [9.17, 15) is 0 Å². The summed E-state index contributed by atoms with van der Waals surface area (Å²) in [6, 6.07) is 5.86. The van der Waals surface area contributed by atoms with Gasteiger partial charge in [-0.15, -0.1) is 0 Å². The molecule has 1 unspecified atom stereocenters. The second-order valence-electron chi connectivity index (χ2n) is 4.77. The summed E-state index contributed by atoms with van der Waals surface area (Å²) in [4.78, 5) is 0. The topological polar surface area (TPSA) is 53.7 Å². The number of hydrogen-bond acceptors (Lipinski definition) is 4. The third-order valence-corrected chi connectivity index (χ3v) is 3.01. The van der Waals surface area contributed by atoms with Crippen molar-refractivity contribution in [2.24, 2.45) is 5.73 Å². The van der Waals surface area contributed by atoms with E-state index in [4.69, 9.17) is 19.9 Å². The Labute approximate surface area is 108 Å². The van der Waals surface area contributed by atoms with E-state index in [1.165, 1.54) is 0 Å². The lowest BCUT2D eigenvalue weighted by molar-refractivity contribution is 0.101. The summed E-state index contributed by atoms with van der Waals surface area (Å²) < 4.78 is 16.7. The molecule has 1 aromatic rings. The van der Waals surface area contributed by atoms with Crippen molar-refractivity contribution in [1.82, 2.24) is 0 Å². The number of ether oxygens (including phenoxy) is 3. The quantitative estimate of drug-likeness (QED) is 0.890. The molecule has 1 aliphatic heterocycles. The first-order chi connectivity index (χ1) is 8.63. The van der Waals surface area contributed by atoms with Crippen LogP contribution in [-0.2, 0) is 10.3 Å². The average molecular weight is 251 g/mol. The highest BCUT2D eigenvalue weighted by molar-refractivity contribution is 5.45. The van der Waals surface area contributed by atoms with Gasteiger partial charge in [-0.2, -0.15) is 0 Å². The highest BCUT2D eigenvalue weighted by atomic mass is 16.5. The molecule has 0 fully saturated rings. The van der Waals surface area contributed by atoms with Crippen LogP contribution >= 0.6 is 0 Å². The van der Waals surface area contributed by atoms with Gasteiger partial charge in [-0.3, -0.25) is 0 Å². The number of hydrogen-bond donors (Lipinski definition) is 1. The lowest BCUT2D eigenvalue weighted by atomic mass is 9.94. The minimum atomic E-state index is -0.513. The van der Waals surface area contributed by atoms with Crippen LogP contribution in [0, 0.1) is 0 Å². The molecule has 0 saturated heterocycles. The second kappa shape index (κ2) is 5.59. The van der Waals surface area contributed by atoms with Gasteiger partial charge >= 0.3 is 0 Å². The van der Waals surface area contributed by atoms with Crippen molar-refractivity contribution in [1.29, 1.82) is 0 Å². The summed E-state index contributed by atoms with van der Waals surface area (Å²) in [6.07, 6.45) is 0.906. The first kappa shape index (κ1) is 13.2. The summed E-state index contributed by atoms with van der Waals surface area (Å²) in [5.74, 6) is 1.57. The molecular weight excluding hydrogens is 230 g/mol. The molecule has 2 rings (SSSR count). The first-order valence-electron chi connectivity index (χ1n) is 6.40. The molecule has 2 N–H and O–H groups in total. The minimum absolute atomic E-state index is 0.489. The average Bonchev–Trinajstić information content (AvgIpc) is 2.60. The van der Waals surface area contributed by atoms with Crippen LogP contribution in [0.3, 0.4) is 0 Å². The van der Waals surface area contributed by atoms with E-state index >= 15 is 0 Å². The van der Waals surface area contributed by atoms with Gasteiger partial charge < -0.3 is 19.9 Å². The molecule has 18 heavy (non-hydrogen) atoms.